The number of hydrogen-bond donors (Lipinski definition) is 0. The van der Waals surface area contributed by atoms with Crippen molar-refractivity contribution in [2.45, 2.75) is 34.1 Å². The molecule has 0 amide bonds. The molecule has 0 aliphatic carbocycles. The van der Waals surface area contributed by atoms with Gasteiger partial charge in [-0.05, 0) is 58.7 Å². The normalized spacial score (nSPS) is 13.4. The Morgan fingerprint density at radius 1 is 0.970 bits per heavy atom. The molecule has 5 heterocycles. The maximum absolute atomic E-state index is 6.90. The standard InChI is InChI=1S/C28H24NO2S2/c1-14-21-23-22-17(6-9-29(23)5)24-18(16-8-11-33-27(16)31-24)12-20(22)30-25(21)19(13-28(2,3)4)15-7-10-32-26(14)15/h6-12H,13H2,1-5H3/q+1. The Hall–Kier alpha value is -2.89. The van der Waals surface area contributed by atoms with Crippen molar-refractivity contribution in [2.24, 2.45) is 12.5 Å². The summed E-state index contributed by atoms with van der Waals surface area (Å²) in [5, 5.41) is 10.2. The van der Waals surface area contributed by atoms with E-state index < -0.39 is 0 Å². The van der Waals surface area contributed by atoms with E-state index in [2.05, 4.69) is 80.5 Å². The molecule has 0 bridgehead atoms. The van der Waals surface area contributed by atoms with Crippen LogP contribution in [-0.2, 0) is 13.5 Å². The van der Waals surface area contributed by atoms with Crippen LogP contribution in [0, 0.1) is 12.3 Å². The number of fused-ring (bicyclic) bond motifs is 7. The van der Waals surface area contributed by atoms with Crippen LogP contribution >= 0.6 is 22.7 Å². The molecule has 0 unspecified atom stereocenters. The van der Waals surface area contributed by atoms with E-state index in [1.54, 1.807) is 11.3 Å². The largest absolute Gasteiger partial charge is 0.455 e. The van der Waals surface area contributed by atoms with Crippen LogP contribution in [0.4, 0.5) is 0 Å². The summed E-state index contributed by atoms with van der Waals surface area (Å²) in [4.78, 5) is 0.972. The summed E-state index contributed by atoms with van der Waals surface area (Å²) in [6, 6.07) is 8.77. The summed E-state index contributed by atoms with van der Waals surface area (Å²) < 4.78 is 16.8. The lowest BCUT2D eigenvalue weighted by Gasteiger charge is -2.27. The van der Waals surface area contributed by atoms with Crippen molar-refractivity contribution in [3.63, 3.8) is 0 Å². The van der Waals surface area contributed by atoms with Gasteiger partial charge in [0.2, 0.25) is 5.69 Å². The third kappa shape index (κ3) is 2.58. The topological polar surface area (TPSA) is 26.2 Å². The fourth-order valence-electron chi connectivity index (χ4n) is 5.47. The number of aryl methyl sites for hydroxylation is 2. The van der Waals surface area contributed by atoms with Gasteiger partial charge in [-0.15, -0.1) is 22.7 Å². The second-order valence-electron chi connectivity index (χ2n) is 10.3. The Bertz CT molecular complexity index is 1780. The quantitative estimate of drug-likeness (QED) is 0.225. The second-order valence-corrected chi connectivity index (χ2v) is 12.1. The summed E-state index contributed by atoms with van der Waals surface area (Å²) in [6.45, 7) is 9.15. The van der Waals surface area contributed by atoms with E-state index >= 15 is 0 Å². The van der Waals surface area contributed by atoms with Crippen molar-refractivity contribution < 1.29 is 13.7 Å². The zero-order valence-corrected chi connectivity index (χ0v) is 21.0. The van der Waals surface area contributed by atoms with E-state index in [-0.39, 0.29) is 5.41 Å². The first-order valence-electron chi connectivity index (χ1n) is 11.3. The van der Waals surface area contributed by atoms with Crippen molar-refractivity contribution >= 4 is 64.8 Å². The molecule has 0 radical (unpaired) electrons. The summed E-state index contributed by atoms with van der Waals surface area (Å²) in [5.41, 5.74) is 6.14. The number of ether oxygens (including phenoxy) is 1. The summed E-state index contributed by atoms with van der Waals surface area (Å²) >= 11 is 3.48. The van der Waals surface area contributed by atoms with E-state index in [4.69, 9.17) is 9.15 Å². The molecule has 1 aliphatic heterocycles. The molecule has 3 nitrogen and oxygen atoms in total. The molecular formula is C28H24NO2S2+. The van der Waals surface area contributed by atoms with Crippen molar-refractivity contribution in [1.29, 1.82) is 0 Å². The van der Waals surface area contributed by atoms with Gasteiger partial charge >= 0.3 is 0 Å². The molecule has 0 fully saturated rings. The number of thiophene rings is 2. The smallest absolute Gasteiger partial charge is 0.228 e. The molecule has 7 rings (SSSR count). The fourth-order valence-corrected chi connectivity index (χ4v) is 7.17. The highest BCUT2D eigenvalue weighted by molar-refractivity contribution is 7.17. The average molecular weight is 471 g/mol. The third-order valence-electron chi connectivity index (χ3n) is 6.81. The maximum Gasteiger partial charge on any atom is 0.228 e. The van der Waals surface area contributed by atoms with Gasteiger partial charge in [-0.3, -0.25) is 0 Å². The molecule has 0 N–H and O–H groups in total. The molecule has 0 saturated carbocycles. The van der Waals surface area contributed by atoms with Crippen LogP contribution in [0.3, 0.4) is 0 Å². The Balaban J connectivity index is 1.67. The predicted octanol–water partition coefficient (Wildman–Crippen LogP) is 8.51. The van der Waals surface area contributed by atoms with Crippen LogP contribution in [0.15, 0.2) is 45.6 Å². The SMILES string of the molecule is Cc1c2c(c(CC(C)(C)C)c3ccsc13)Oc1cc3c4ccsc4oc3c3cc[n+](C)c-2c13. The van der Waals surface area contributed by atoms with Gasteiger partial charge in [0.1, 0.15) is 29.5 Å². The van der Waals surface area contributed by atoms with Crippen LogP contribution in [0.1, 0.15) is 31.9 Å². The lowest BCUT2D eigenvalue weighted by atomic mass is 9.83. The van der Waals surface area contributed by atoms with Gasteiger partial charge in [0.05, 0.1) is 5.56 Å². The van der Waals surface area contributed by atoms with E-state index in [1.807, 2.05) is 11.3 Å². The van der Waals surface area contributed by atoms with Crippen LogP contribution in [0.25, 0.3) is 53.4 Å². The van der Waals surface area contributed by atoms with E-state index in [9.17, 15) is 0 Å². The monoisotopic (exact) mass is 470 g/mol. The van der Waals surface area contributed by atoms with Crippen molar-refractivity contribution in [3.05, 3.63) is 52.3 Å². The molecule has 4 aromatic heterocycles. The summed E-state index contributed by atoms with van der Waals surface area (Å²) in [7, 11) is 2.14. The molecule has 0 saturated heterocycles. The highest BCUT2D eigenvalue weighted by atomic mass is 32.1. The van der Waals surface area contributed by atoms with Crippen molar-refractivity contribution in [2.75, 3.05) is 0 Å². The molecule has 1 aliphatic rings. The van der Waals surface area contributed by atoms with Gasteiger partial charge in [-0.1, -0.05) is 20.8 Å². The first kappa shape index (κ1) is 19.6. The fraction of sp³-hybridized carbons (Fsp3) is 0.250. The van der Waals surface area contributed by atoms with Gasteiger partial charge in [0.25, 0.3) is 0 Å². The first-order valence-corrected chi connectivity index (χ1v) is 13.0. The zero-order chi connectivity index (χ0) is 22.6. The van der Waals surface area contributed by atoms with Crippen LogP contribution < -0.4 is 9.30 Å². The van der Waals surface area contributed by atoms with Crippen LogP contribution in [-0.4, -0.2) is 0 Å². The van der Waals surface area contributed by atoms with Gasteiger partial charge in [-0.2, -0.15) is 0 Å². The predicted molar refractivity (Wildman–Crippen MR) is 139 cm³/mol. The average Bonchev–Trinajstić information content (AvgIpc) is 3.48. The summed E-state index contributed by atoms with van der Waals surface area (Å²) in [5.74, 6) is 1.95. The molecule has 164 valence electrons. The number of furan rings is 1. The Morgan fingerprint density at radius 3 is 2.58 bits per heavy atom. The van der Waals surface area contributed by atoms with Gasteiger partial charge < -0.3 is 9.15 Å². The molecule has 0 spiro atoms. The number of hydrogen-bond acceptors (Lipinski definition) is 4. The number of pyridine rings is 1. The highest BCUT2D eigenvalue weighted by Crippen LogP contribution is 2.54. The molecule has 5 heteroatoms. The number of rotatable bonds is 1. The van der Waals surface area contributed by atoms with Crippen LogP contribution in [0.5, 0.6) is 11.5 Å². The number of benzene rings is 2. The maximum atomic E-state index is 6.90. The van der Waals surface area contributed by atoms with Crippen LogP contribution in [0.2, 0.25) is 0 Å². The lowest BCUT2D eigenvalue weighted by Crippen LogP contribution is -2.32. The molecule has 2 aromatic carbocycles. The molecule has 0 atom stereocenters. The van der Waals surface area contributed by atoms with E-state index in [0.717, 1.165) is 49.9 Å². The zero-order valence-electron chi connectivity index (χ0n) is 19.3. The molecular weight excluding hydrogens is 446 g/mol. The second kappa shape index (κ2) is 6.37. The Morgan fingerprint density at radius 2 is 1.76 bits per heavy atom. The first-order chi connectivity index (χ1) is 15.8. The van der Waals surface area contributed by atoms with Gasteiger partial charge in [0.15, 0.2) is 11.1 Å². The van der Waals surface area contributed by atoms with Crippen molar-refractivity contribution in [3.8, 4) is 22.8 Å². The third-order valence-corrected chi connectivity index (χ3v) is 8.64. The Kier molecular flexibility index (Phi) is 3.77. The number of aromatic nitrogens is 1. The number of nitrogens with zero attached hydrogens (tertiary/aromatic N) is 1. The van der Waals surface area contributed by atoms with E-state index in [1.165, 1.54) is 32.5 Å². The lowest BCUT2D eigenvalue weighted by molar-refractivity contribution is -0.659. The van der Waals surface area contributed by atoms with Gasteiger partial charge in [-0.25, -0.2) is 4.57 Å². The molecule has 33 heavy (non-hydrogen) atoms. The highest BCUT2D eigenvalue weighted by Gasteiger charge is 2.35. The van der Waals surface area contributed by atoms with E-state index in [0.29, 0.717) is 0 Å². The minimum atomic E-state index is 0.146. The molecule has 6 aromatic rings. The minimum Gasteiger partial charge on any atom is -0.455 e. The van der Waals surface area contributed by atoms with Gasteiger partial charge in [0, 0.05) is 32.5 Å². The Labute approximate surface area is 199 Å². The minimum absolute atomic E-state index is 0.146. The summed E-state index contributed by atoms with van der Waals surface area (Å²) in [6.07, 6.45) is 3.12. The van der Waals surface area contributed by atoms with Crippen molar-refractivity contribution in [1.82, 2.24) is 0 Å².